The average molecular weight is 314 g/mol. The maximum Gasteiger partial charge on any atom is 0.315 e. The number of carbonyl (C=O) groups excluding carboxylic acids is 1. The normalized spacial score (nSPS) is 11.0. The molecule has 2 aromatic heterocycles. The summed E-state index contributed by atoms with van der Waals surface area (Å²) in [5, 5.41) is 7.71. The molecule has 23 heavy (non-hydrogen) atoms. The van der Waals surface area contributed by atoms with Gasteiger partial charge in [0.1, 0.15) is 0 Å². The van der Waals surface area contributed by atoms with Crippen LogP contribution in [-0.4, -0.2) is 41.3 Å². The van der Waals surface area contributed by atoms with Gasteiger partial charge in [-0.15, -0.1) is 0 Å². The van der Waals surface area contributed by atoms with Crippen LogP contribution in [0.3, 0.4) is 0 Å². The summed E-state index contributed by atoms with van der Waals surface area (Å²) in [5.74, 6) is 0.104. The van der Waals surface area contributed by atoms with Crippen molar-refractivity contribution in [3.63, 3.8) is 0 Å². The minimum absolute atomic E-state index is 0.0164. The molecule has 0 aliphatic heterocycles. The number of nitrogens with zero attached hydrogens (tertiary/aromatic N) is 2. The zero-order valence-electron chi connectivity index (χ0n) is 12.8. The number of para-hydroxylation sites is 1. The van der Waals surface area contributed by atoms with E-state index >= 15 is 0 Å². The monoisotopic (exact) mass is 314 g/mol. The third-order valence-corrected chi connectivity index (χ3v) is 3.50. The second-order valence-electron chi connectivity index (χ2n) is 5.15. The van der Waals surface area contributed by atoms with Crippen LogP contribution in [0.2, 0.25) is 0 Å². The molecule has 0 atom stereocenters. The van der Waals surface area contributed by atoms with Crippen LogP contribution in [0, 0.1) is 0 Å². The molecule has 7 nitrogen and oxygen atoms in total. The lowest BCUT2D eigenvalue weighted by atomic mass is 10.1. The van der Waals surface area contributed by atoms with E-state index < -0.39 is 0 Å². The molecule has 0 spiro atoms. The van der Waals surface area contributed by atoms with Gasteiger partial charge in [-0.1, -0.05) is 23.4 Å². The quantitative estimate of drug-likeness (QED) is 0.650. The molecule has 0 aliphatic carbocycles. The lowest BCUT2D eigenvalue weighted by molar-refractivity contribution is 0.0905. The van der Waals surface area contributed by atoms with Gasteiger partial charge in [0.2, 0.25) is 0 Å². The Morgan fingerprint density at radius 2 is 2.26 bits per heavy atom. The molecule has 0 saturated heterocycles. The third kappa shape index (κ3) is 3.57. The highest BCUT2D eigenvalue weighted by Crippen LogP contribution is 2.19. The topological polar surface area (TPSA) is 93.0 Å². The van der Waals surface area contributed by atoms with Crippen LogP contribution in [0.4, 0.5) is 0 Å². The van der Waals surface area contributed by atoms with Gasteiger partial charge in [0, 0.05) is 43.8 Å². The largest absolute Gasteiger partial charge is 0.385 e. The number of ether oxygens (including phenoxy) is 1. The lowest BCUT2D eigenvalue weighted by Crippen LogP contribution is -2.25. The molecule has 3 rings (SSSR count). The predicted molar refractivity (Wildman–Crippen MR) is 84.2 cm³/mol. The van der Waals surface area contributed by atoms with Gasteiger partial charge in [-0.3, -0.25) is 4.79 Å². The Kier molecular flexibility index (Phi) is 4.68. The van der Waals surface area contributed by atoms with E-state index in [0.717, 1.165) is 22.9 Å². The van der Waals surface area contributed by atoms with E-state index in [2.05, 4.69) is 20.4 Å². The Balaban J connectivity index is 1.64. The summed E-state index contributed by atoms with van der Waals surface area (Å²) in [5.41, 5.74) is 2.12. The number of fused-ring (bicyclic) bond motifs is 1. The molecule has 1 amide bonds. The second kappa shape index (κ2) is 7.06. The smallest absolute Gasteiger partial charge is 0.315 e. The van der Waals surface area contributed by atoms with E-state index in [1.54, 1.807) is 7.11 Å². The van der Waals surface area contributed by atoms with Crippen molar-refractivity contribution in [3.8, 4) is 0 Å². The fraction of sp³-hybridized carbons (Fsp3) is 0.312. The van der Waals surface area contributed by atoms with E-state index in [-0.39, 0.29) is 11.8 Å². The minimum Gasteiger partial charge on any atom is -0.385 e. The number of hydrogen-bond acceptors (Lipinski definition) is 5. The molecule has 2 N–H and O–H groups in total. The number of aromatic amines is 1. The van der Waals surface area contributed by atoms with Crippen molar-refractivity contribution >= 4 is 16.8 Å². The number of amides is 1. The van der Waals surface area contributed by atoms with Gasteiger partial charge in [-0.05, 0) is 18.1 Å². The summed E-state index contributed by atoms with van der Waals surface area (Å²) in [6.45, 7) is 1.10. The first kappa shape index (κ1) is 15.2. The van der Waals surface area contributed by atoms with Gasteiger partial charge in [0.25, 0.3) is 0 Å². The SMILES string of the molecule is COCCCNC(=O)c1nc(Cc2c[nH]c3ccccc23)no1. The Morgan fingerprint density at radius 1 is 1.39 bits per heavy atom. The molecule has 7 heteroatoms. The summed E-state index contributed by atoms with van der Waals surface area (Å²) in [4.78, 5) is 19.2. The number of aromatic nitrogens is 3. The molecular weight excluding hydrogens is 296 g/mol. The van der Waals surface area contributed by atoms with Crippen LogP contribution < -0.4 is 5.32 Å². The second-order valence-corrected chi connectivity index (χ2v) is 5.15. The number of benzene rings is 1. The zero-order valence-corrected chi connectivity index (χ0v) is 12.8. The first-order chi connectivity index (χ1) is 11.3. The molecule has 0 bridgehead atoms. The van der Waals surface area contributed by atoms with Crippen molar-refractivity contribution in [1.29, 1.82) is 0 Å². The van der Waals surface area contributed by atoms with E-state index in [1.807, 2.05) is 30.5 Å². The highest BCUT2D eigenvalue weighted by atomic mass is 16.5. The summed E-state index contributed by atoms with van der Waals surface area (Å²) in [6, 6.07) is 8.00. The molecular formula is C16H18N4O3. The lowest BCUT2D eigenvalue weighted by Gasteiger charge is -2.00. The van der Waals surface area contributed by atoms with E-state index in [0.29, 0.717) is 25.4 Å². The number of rotatable bonds is 7. The van der Waals surface area contributed by atoms with Crippen molar-refractivity contribution in [1.82, 2.24) is 20.4 Å². The average Bonchev–Trinajstić information content (AvgIpc) is 3.20. The van der Waals surface area contributed by atoms with Crippen LogP contribution in [0.25, 0.3) is 10.9 Å². The molecule has 1 aromatic carbocycles. The number of nitrogens with one attached hydrogen (secondary N) is 2. The molecule has 0 fully saturated rings. The highest BCUT2D eigenvalue weighted by Gasteiger charge is 2.15. The molecule has 3 aromatic rings. The van der Waals surface area contributed by atoms with Gasteiger partial charge >= 0.3 is 11.8 Å². The zero-order chi connectivity index (χ0) is 16.1. The molecule has 0 saturated carbocycles. The highest BCUT2D eigenvalue weighted by molar-refractivity contribution is 5.89. The number of hydrogen-bond donors (Lipinski definition) is 2. The van der Waals surface area contributed by atoms with Crippen LogP contribution in [0.15, 0.2) is 35.0 Å². The Morgan fingerprint density at radius 3 is 3.13 bits per heavy atom. The summed E-state index contributed by atoms with van der Waals surface area (Å²) < 4.78 is 9.95. The van der Waals surface area contributed by atoms with Gasteiger partial charge in [0.05, 0.1) is 0 Å². The van der Waals surface area contributed by atoms with E-state index in [9.17, 15) is 4.79 Å². The Labute approximate surface area is 133 Å². The maximum atomic E-state index is 11.9. The standard InChI is InChI=1S/C16H18N4O3/c1-22-8-4-7-17-15(21)16-19-14(20-23-16)9-11-10-18-13-6-3-2-5-12(11)13/h2-3,5-6,10,18H,4,7-9H2,1H3,(H,17,21). The summed E-state index contributed by atoms with van der Waals surface area (Å²) >= 11 is 0. The van der Waals surface area contributed by atoms with Crippen molar-refractivity contribution in [2.24, 2.45) is 0 Å². The fourth-order valence-corrected chi connectivity index (χ4v) is 2.36. The van der Waals surface area contributed by atoms with Crippen LogP contribution >= 0.6 is 0 Å². The molecule has 0 unspecified atom stereocenters. The van der Waals surface area contributed by atoms with Crippen molar-refractivity contribution < 1.29 is 14.1 Å². The van der Waals surface area contributed by atoms with Crippen LogP contribution in [0.1, 0.15) is 28.5 Å². The van der Waals surface area contributed by atoms with E-state index in [4.69, 9.17) is 9.26 Å². The summed E-state index contributed by atoms with van der Waals surface area (Å²) in [6.07, 6.45) is 3.16. The Hall–Kier alpha value is -2.67. The fourth-order valence-electron chi connectivity index (χ4n) is 2.36. The van der Waals surface area contributed by atoms with E-state index in [1.165, 1.54) is 0 Å². The first-order valence-corrected chi connectivity index (χ1v) is 7.42. The minimum atomic E-state index is -0.362. The number of carbonyl (C=O) groups is 1. The molecule has 120 valence electrons. The maximum absolute atomic E-state index is 11.9. The number of H-pyrrole nitrogens is 1. The van der Waals surface area contributed by atoms with Crippen LogP contribution in [-0.2, 0) is 11.2 Å². The first-order valence-electron chi connectivity index (χ1n) is 7.42. The number of methoxy groups -OCH3 is 1. The molecule has 0 aliphatic rings. The van der Waals surface area contributed by atoms with Crippen molar-refractivity contribution in [2.75, 3.05) is 20.3 Å². The summed E-state index contributed by atoms with van der Waals surface area (Å²) in [7, 11) is 1.62. The van der Waals surface area contributed by atoms with Crippen LogP contribution in [0.5, 0.6) is 0 Å². The van der Waals surface area contributed by atoms with Gasteiger partial charge < -0.3 is 19.6 Å². The van der Waals surface area contributed by atoms with Gasteiger partial charge in [0.15, 0.2) is 5.82 Å². The molecule has 0 radical (unpaired) electrons. The van der Waals surface area contributed by atoms with Gasteiger partial charge in [-0.25, -0.2) is 0 Å². The van der Waals surface area contributed by atoms with Gasteiger partial charge in [-0.2, -0.15) is 4.98 Å². The predicted octanol–water partition coefficient (Wildman–Crippen LogP) is 1.91. The molecule has 2 heterocycles. The third-order valence-electron chi connectivity index (χ3n) is 3.50. The Bertz CT molecular complexity index is 793. The van der Waals surface area contributed by atoms with Crippen molar-refractivity contribution in [2.45, 2.75) is 12.8 Å². The van der Waals surface area contributed by atoms with Crippen molar-refractivity contribution in [3.05, 3.63) is 47.7 Å².